The standard InChI is InChI=1S/C15H26N2O4/c1-11(2)8-13(18)16-4-6-17(7-5-16)14(19)9-12(3)10-15(20)21/h11-12H,4-10H2,1-3H3,(H,20,21). The second-order valence-corrected chi connectivity index (χ2v) is 6.27. The molecule has 0 aromatic carbocycles. The summed E-state index contributed by atoms with van der Waals surface area (Å²) in [6.07, 6.45) is 0.814. The number of rotatable bonds is 6. The van der Waals surface area contributed by atoms with Gasteiger partial charge in [-0.1, -0.05) is 20.8 Å². The van der Waals surface area contributed by atoms with Crippen molar-refractivity contribution in [2.24, 2.45) is 11.8 Å². The number of carboxylic acids is 1. The van der Waals surface area contributed by atoms with E-state index in [9.17, 15) is 14.4 Å². The lowest BCUT2D eigenvalue weighted by Crippen LogP contribution is -2.51. The average molecular weight is 298 g/mol. The number of nitrogens with zero attached hydrogens (tertiary/aromatic N) is 2. The summed E-state index contributed by atoms with van der Waals surface area (Å²) >= 11 is 0. The second kappa shape index (κ2) is 8.00. The second-order valence-electron chi connectivity index (χ2n) is 6.27. The van der Waals surface area contributed by atoms with Gasteiger partial charge >= 0.3 is 5.97 Å². The van der Waals surface area contributed by atoms with Gasteiger partial charge in [-0.25, -0.2) is 0 Å². The molecule has 21 heavy (non-hydrogen) atoms. The van der Waals surface area contributed by atoms with Crippen molar-refractivity contribution in [3.63, 3.8) is 0 Å². The molecule has 0 aliphatic carbocycles. The van der Waals surface area contributed by atoms with Crippen molar-refractivity contribution in [3.8, 4) is 0 Å². The van der Waals surface area contributed by atoms with E-state index in [0.717, 1.165) is 0 Å². The molecule has 1 aliphatic rings. The van der Waals surface area contributed by atoms with E-state index >= 15 is 0 Å². The maximum atomic E-state index is 12.1. The van der Waals surface area contributed by atoms with Crippen LogP contribution in [0.4, 0.5) is 0 Å². The molecule has 0 saturated carbocycles. The molecule has 2 amide bonds. The van der Waals surface area contributed by atoms with E-state index in [1.54, 1.807) is 11.8 Å². The van der Waals surface area contributed by atoms with Crippen LogP contribution >= 0.6 is 0 Å². The minimum Gasteiger partial charge on any atom is -0.481 e. The zero-order valence-corrected chi connectivity index (χ0v) is 13.2. The van der Waals surface area contributed by atoms with Gasteiger partial charge in [0.05, 0.1) is 0 Å². The Bertz CT molecular complexity index is 387. The van der Waals surface area contributed by atoms with Crippen molar-refractivity contribution in [3.05, 3.63) is 0 Å². The maximum Gasteiger partial charge on any atom is 0.303 e. The molecule has 1 rings (SSSR count). The first kappa shape index (κ1) is 17.5. The summed E-state index contributed by atoms with van der Waals surface area (Å²) in [6, 6.07) is 0. The van der Waals surface area contributed by atoms with Gasteiger partial charge in [0, 0.05) is 45.4 Å². The van der Waals surface area contributed by atoms with Gasteiger partial charge in [0.1, 0.15) is 0 Å². The van der Waals surface area contributed by atoms with Crippen LogP contribution in [-0.2, 0) is 14.4 Å². The molecule has 1 saturated heterocycles. The van der Waals surface area contributed by atoms with Crippen LogP contribution in [0.3, 0.4) is 0 Å². The zero-order chi connectivity index (χ0) is 16.0. The lowest BCUT2D eigenvalue weighted by molar-refractivity contribution is -0.141. The fourth-order valence-electron chi connectivity index (χ4n) is 2.48. The summed E-state index contributed by atoms with van der Waals surface area (Å²) in [4.78, 5) is 38.2. The van der Waals surface area contributed by atoms with Crippen molar-refractivity contribution in [1.29, 1.82) is 0 Å². The van der Waals surface area contributed by atoms with E-state index in [2.05, 4.69) is 0 Å². The molecule has 1 heterocycles. The molecule has 1 fully saturated rings. The Labute approximate surface area is 126 Å². The van der Waals surface area contributed by atoms with Crippen LogP contribution in [-0.4, -0.2) is 58.9 Å². The molecule has 0 spiro atoms. The Morgan fingerprint density at radius 2 is 1.29 bits per heavy atom. The molecule has 1 aliphatic heterocycles. The molecular weight excluding hydrogens is 272 g/mol. The first-order chi connectivity index (χ1) is 9.79. The highest BCUT2D eigenvalue weighted by Gasteiger charge is 2.25. The summed E-state index contributed by atoms with van der Waals surface area (Å²) in [6.45, 7) is 8.04. The number of aliphatic carboxylic acids is 1. The fraction of sp³-hybridized carbons (Fsp3) is 0.800. The molecule has 1 atom stereocenters. The van der Waals surface area contributed by atoms with Crippen LogP contribution in [0.2, 0.25) is 0 Å². The average Bonchev–Trinajstić information content (AvgIpc) is 2.36. The summed E-state index contributed by atoms with van der Waals surface area (Å²) in [5.74, 6) is -0.555. The van der Waals surface area contributed by atoms with Gasteiger partial charge in [0.25, 0.3) is 0 Å². The number of amides is 2. The van der Waals surface area contributed by atoms with Crippen LogP contribution in [0.5, 0.6) is 0 Å². The molecule has 120 valence electrons. The number of piperazine rings is 1. The van der Waals surface area contributed by atoms with E-state index in [4.69, 9.17) is 5.11 Å². The molecule has 0 aromatic heterocycles. The summed E-state index contributed by atoms with van der Waals surface area (Å²) in [7, 11) is 0. The first-order valence-corrected chi connectivity index (χ1v) is 7.57. The molecule has 6 heteroatoms. The van der Waals surface area contributed by atoms with Gasteiger partial charge in [-0.3, -0.25) is 14.4 Å². The topological polar surface area (TPSA) is 77.9 Å². The Balaban J connectivity index is 2.36. The van der Waals surface area contributed by atoms with E-state index < -0.39 is 5.97 Å². The van der Waals surface area contributed by atoms with Gasteiger partial charge in [-0.2, -0.15) is 0 Å². The fourth-order valence-corrected chi connectivity index (χ4v) is 2.48. The van der Waals surface area contributed by atoms with Gasteiger partial charge in [-0.05, 0) is 11.8 Å². The normalized spacial score (nSPS) is 17.0. The van der Waals surface area contributed by atoms with E-state index in [-0.39, 0.29) is 30.6 Å². The van der Waals surface area contributed by atoms with Crippen LogP contribution in [0.25, 0.3) is 0 Å². The number of carbonyl (C=O) groups excluding carboxylic acids is 2. The molecule has 0 bridgehead atoms. The lowest BCUT2D eigenvalue weighted by Gasteiger charge is -2.35. The number of hydrogen-bond acceptors (Lipinski definition) is 3. The molecule has 0 radical (unpaired) electrons. The summed E-state index contributed by atoms with van der Waals surface area (Å²) in [5, 5.41) is 8.71. The van der Waals surface area contributed by atoms with E-state index in [0.29, 0.717) is 38.5 Å². The Morgan fingerprint density at radius 1 is 0.857 bits per heavy atom. The van der Waals surface area contributed by atoms with Crippen molar-refractivity contribution in [2.45, 2.75) is 40.0 Å². The highest BCUT2D eigenvalue weighted by Crippen LogP contribution is 2.13. The molecule has 6 nitrogen and oxygen atoms in total. The third-order valence-corrected chi connectivity index (χ3v) is 3.61. The Kier molecular flexibility index (Phi) is 6.65. The quantitative estimate of drug-likeness (QED) is 0.799. The van der Waals surface area contributed by atoms with Crippen LogP contribution in [0, 0.1) is 11.8 Å². The first-order valence-electron chi connectivity index (χ1n) is 7.57. The Hall–Kier alpha value is -1.59. The SMILES string of the molecule is CC(C)CC(=O)N1CCN(C(=O)CC(C)CC(=O)O)CC1. The van der Waals surface area contributed by atoms with Crippen LogP contribution in [0.1, 0.15) is 40.0 Å². The number of hydrogen-bond donors (Lipinski definition) is 1. The third kappa shape index (κ3) is 6.14. The number of carboxylic acid groups (broad SMARTS) is 1. The number of carbonyl (C=O) groups is 3. The molecule has 1 N–H and O–H groups in total. The largest absolute Gasteiger partial charge is 0.481 e. The van der Waals surface area contributed by atoms with Crippen molar-refractivity contribution >= 4 is 17.8 Å². The van der Waals surface area contributed by atoms with Crippen LogP contribution in [0.15, 0.2) is 0 Å². The molecular formula is C15H26N2O4. The van der Waals surface area contributed by atoms with Crippen LogP contribution < -0.4 is 0 Å². The zero-order valence-electron chi connectivity index (χ0n) is 13.2. The predicted molar refractivity (Wildman–Crippen MR) is 78.6 cm³/mol. The maximum absolute atomic E-state index is 12.1. The highest BCUT2D eigenvalue weighted by molar-refractivity contribution is 5.79. The third-order valence-electron chi connectivity index (χ3n) is 3.61. The van der Waals surface area contributed by atoms with Gasteiger partial charge < -0.3 is 14.9 Å². The monoisotopic (exact) mass is 298 g/mol. The van der Waals surface area contributed by atoms with Gasteiger partial charge in [0.15, 0.2) is 0 Å². The summed E-state index contributed by atoms with van der Waals surface area (Å²) < 4.78 is 0. The minimum absolute atomic E-state index is 0.0125. The minimum atomic E-state index is -0.876. The van der Waals surface area contributed by atoms with E-state index in [1.807, 2.05) is 18.7 Å². The predicted octanol–water partition coefficient (Wildman–Crippen LogP) is 1.20. The van der Waals surface area contributed by atoms with Gasteiger partial charge in [0.2, 0.25) is 11.8 Å². The van der Waals surface area contributed by atoms with Gasteiger partial charge in [-0.15, -0.1) is 0 Å². The highest BCUT2D eigenvalue weighted by atomic mass is 16.4. The van der Waals surface area contributed by atoms with Crippen molar-refractivity contribution in [2.75, 3.05) is 26.2 Å². The van der Waals surface area contributed by atoms with E-state index in [1.165, 1.54) is 0 Å². The summed E-state index contributed by atoms with van der Waals surface area (Å²) in [5.41, 5.74) is 0. The molecule has 0 aromatic rings. The molecule has 1 unspecified atom stereocenters. The lowest BCUT2D eigenvalue weighted by atomic mass is 10.0. The Morgan fingerprint density at radius 3 is 1.67 bits per heavy atom. The van der Waals surface area contributed by atoms with Crippen molar-refractivity contribution < 1.29 is 19.5 Å². The smallest absolute Gasteiger partial charge is 0.303 e. The van der Waals surface area contributed by atoms with Crippen molar-refractivity contribution in [1.82, 2.24) is 9.80 Å².